The Morgan fingerprint density at radius 1 is 1.23 bits per heavy atom. The Kier molecular flexibility index (Phi) is 4.58. The molecule has 1 fully saturated rings. The Balaban J connectivity index is 1.47. The van der Waals surface area contributed by atoms with Gasteiger partial charge in [-0.25, -0.2) is 4.79 Å². The van der Waals surface area contributed by atoms with Crippen LogP contribution in [-0.2, 0) is 19.4 Å². The van der Waals surface area contributed by atoms with Crippen LogP contribution in [0.3, 0.4) is 0 Å². The number of aromatic carboxylic acids is 1. The van der Waals surface area contributed by atoms with Crippen molar-refractivity contribution in [3.63, 3.8) is 0 Å². The van der Waals surface area contributed by atoms with Gasteiger partial charge in [0.2, 0.25) is 0 Å². The molecule has 8 heteroatoms. The number of hydrogen-bond donors (Lipinski definition) is 1. The minimum Gasteiger partial charge on any atom is -0.476 e. The molecular formula is C18H24N6O2. The van der Waals surface area contributed by atoms with E-state index in [0.29, 0.717) is 18.6 Å². The normalized spacial score (nSPS) is 21.5. The molecule has 0 radical (unpaired) electrons. The third kappa shape index (κ3) is 3.05. The highest BCUT2D eigenvalue weighted by Crippen LogP contribution is 2.31. The van der Waals surface area contributed by atoms with Gasteiger partial charge < -0.3 is 9.67 Å². The van der Waals surface area contributed by atoms with Crippen molar-refractivity contribution in [3.8, 4) is 0 Å². The predicted molar refractivity (Wildman–Crippen MR) is 95.1 cm³/mol. The van der Waals surface area contributed by atoms with E-state index >= 15 is 0 Å². The van der Waals surface area contributed by atoms with Gasteiger partial charge in [-0.05, 0) is 32.1 Å². The summed E-state index contributed by atoms with van der Waals surface area (Å²) in [6, 6.07) is 0.856. The van der Waals surface area contributed by atoms with Gasteiger partial charge in [-0.1, -0.05) is 6.08 Å². The summed E-state index contributed by atoms with van der Waals surface area (Å²) in [6.45, 7) is 6.35. The zero-order valence-electron chi connectivity index (χ0n) is 14.8. The first kappa shape index (κ1) is 17.0. The van der Waals surface area contributed by atoms with Crippen LogP contribution in [0.2, 0.25) is 0 Å². The summed E-state index contributed by atoms with van der Waals surface area (Å²) in [4.78, 5) is 14.1. The number of fused-ring (bicyclic) bond motifs is 1. The summed E-state index contributed by atoms with van der Waals surface area (Å²) in [5, 5.41) is 21.7. The second-order valence-corrected chi connectivity index (χ2v) is 7.12. The summed E-state index contributed by atoms with van der Waals surface area (Å²) < 4.78 is 3.90. The van der Waals surface area contributed by atoms with Crippen molar-refractivity contribution in [3.05, 3.63) is 42.3 Å². The Morgan fingerprint density at radius 3 is 2.62 bits per heavy atom. The highest BCUT2D eigenvalue weighted by atomic mass is 16.4. The Labute approximate surface area is 152 Å². The SMILES string of the molecule is C=CCn1nc(C(=O)O)c2c1CC[C@@H](N1CCC(n3cnnc3)CC1)C2. The predicted octanol–water partition coefficient (Wildman–Crippen LogP) is 1.55. The van der Waals surface area contributed by atoms with Crippen LogP contribution in [0, 0.1) is 0 Å². The number of carbonyl (C=O) groups is 1. The van der Waals surface area contributed by atoms with Crippen molar-refractivity contribution in [2.24, 2.45) is 0 Å². The van der Waals surface area contributed by atoms with Gasteiger partial charge in [-0.2, -0.15) is 5.10 Å². The third-order valence-corrected chi connectivity index (χ3v) is 5.70. The van der Waals surface area contributed by atoms with Crippen LogP contribution < -0.4 is 0 Å². The highest BCUT2D eigenvalue weighted by molar-refractivity contribution is 5.87. The quantitative estimate of drug-likeness (QED) is 0.818. The highest BCUT2D eigenvalue weighted by Gasteiger charge is 2.33. The molecule has 0 aromatic carbocycles. The fourth-order valence-electron chi connectivity index (χ4n) is 4.37. The molecule has 2 aliphatic rings. The first-order chi connectivity index (χ1) is 12.7. The second kappa shape index (κ2) is 7.03. The van der Waals surface area contributed by atoms with E-state index in [1.807, 2.05) is 0 Å². The number of aromatic nitrogens is 5. The van der Waals surface area contributed by atoms with Crippen LogP contribution in [-0.4, -0.2) is 59.7 Å². The number of likely N-dealkylation sites (tertiary alicyclic amines) is 1. The number of piperidine rings is 1. The van der Waals surface area contributed by atoms with Gasteiger partial charge in [-0.15, -0.1) is 16.8 Å². The molecule has 138 valence electrons. The summed E-state index contributed by atoms with van der Waals surface area (Å²) in [6.07, 6.45) is 10.2. The monoisotopic (exact) mass is 356 g/mol. The molecule has 1 atom stereocenters. The van der Waals surface area contributed by atoms with Gasteiger partial charge in [0.1, 0.15) is 12.7 Å². The van der Waals surface area contributed by atoms with E-state index in [9.17, 15) is 9.90 Å². The number of allylic oxidation sites excluding steroid dienone is 1. The van der Waals surface area contributed by atoms with Crippen molar-refractivity contribution in [2.75, 3.05) is 13.1 Å². The fourth-order valence-corrected chi connectivity index (χ4v) is 4.37. The average Bonchev–Trinajstić information content (AvgIpc) is 3.30. The van der Waals surface area contributed by atoms with Gasteiger partial charge in [0.15, 0.2) is 5.69 Å². The van der Waals surface area contributed by atoms with Crippen molar-refractivity contribution in [1.82, 2.24) is 29.4 Å². The van der Waals surface area contributed by atoms with Crippen LogP contribution in [0.1, 0.15) is 47.1 Å². The van der Waals surface area contributed by atoms with Gasteiger partial charge >= 0.3 is 5.97 Å². The molecule has 2 aromatic heterocycles. The van der Waals surface area contributed by atoms with Gasteiger partial charge in [-0.3, -0.25) is 9.58 Å². The number of rotatable bonds is 5. The minimum atomic E-state index is -0.934. The molecule has 0 unspecified atom stereocenters. The van der Waals surface area contributed by atoms with E-state index < -0.39 is 5.97 Å². The fraction of sp³-hybridized carbons (Fsp3) is 0.556. The van der Waals surface area contributed by atoms with E-state index in [0.717, 1.165) is 56.5 Å². The van der Waals surface area contributed by atoms with E-state index in [4.69, 9.17) is 0 Å². The molecule has 2 aromatic rings. The average molecular weight is 356 g/mol. The molecule has 0 bridgehead atoms. The zero-order valence-corrected chi connectivity index (χ0v) is 14.8. The van der Waals surface area contributed by atoms with Crippen molar-refractivity contribution >= 4 is 5.97 Å². The van der Waals surface area contributed by atoms with E-state index in [2.05, 4.69) is 31.3 Å². The molecular weight excluding hydrogens is 332 g/mol. The van der Waals surface area contributed by atoms with Gasteiger partial charge in [0, 0.05) is 36.4 Å². The van der Waals surface area contributed by atoms with Gasteiger partial charge in [0.05, 0.1) is 6.54 Å². The van der Waals surface area contributed by atoms with Gasteiger partial charge in [0.25, 0.3) is 0 Å². The number of hydrogen-bond acceptors (Lipinski definition) is 5. The van der Waals surface area contributed by atoms with Crippen molar-refractivity contribution in [2.45, 2.75) is 50.7 Å². The number of carboxylic acid groups (broad SMARTS) is 1. The van der Waals surface area contributed by atoms with Crippen LogP contribution >= 0.6 is 0 Å². The Hall–Kier alpha value is -2.48. The lowest BCUT2D eigenvalue weighted by Crippen LogP contribution is -2.44. The topological polar surface area (TPSA) is 89.1 Å². The molecule has 0 saturated carbocycles. The van der Waals surface area contributed by atoms with E-state index in [-0.39, 0.29) is 5.69 Å². The lowest BCUT2D eigenvalue weighted by molar-refractivity contribution is 0.0687. The Morgan fingerprint density at radius 2 is 1.96 bits per heavy atom. The smallest absolute Gasteiger partial charge is 0.356 e. The molecule has 1 N–H and O–H groups in total. The van der Waals surface area contributed by atoms with Crippen LogP contribution in [0.15, 0.2) is 25.3 Å². The molecule has 0 spiro atoms. The van der Waals surface area contributed by atoms with Crippen molar-refractivity contribution < 1.29 is 9.90 Å². The molecule has 1 saturated heterocycles. The summed E-state index contributed by atoms with van der Waals surface area (Å²) in [5.74, 6) is -0.934. The maximum absolute atomic E-state index is 11.6. The molecule has 1 aliphatic carbocycles. The van der Waals surface area contributed by atoms with Crippen LogP contribution in [0.4, 0.5) is 0 Å². The second-order valence-electron chi connectivity index (χ2n) is 7.12. The van der Waals surface area contributed by atoms with E-state index in [1.165, 1.54) is 0 Å². The van der Waals surface area contributed by atoms with Crippen molar-refractivity contribution in [1.29, 1.82) is 0 Å². The minimum absolute atomic E-state index is 0.214. The molecule has 8 nitrogen and oxygen atoms in total. The molecule has 0 amide bonds. The standard InChI is InChI=1S/C18H24N6O2/c1-2-7-24-16-4-3-14(10-15(16)17(21-24)18(25)26)22-8-5-13(6-9-22)23-11-19-20-12-23/h2,11-14H,1,3-10H2,(H,25,26)/t14-/m1/s1. The summed E-state index contributed by atoms with van der Waals surface area (Å²) >= 11 is 0. The molecule has 3 heterocycles. The summed E-state index contributed by atoms with van der Waals surface area (Å²) in [7, 11) is 0. The summed E-state index contributed by atoms with van der Waals surface area (Å²) in [5.41, 5.74) is 2.19. The largest absolute Gasteiger partial charge is 0.476 e. The Bertz CT molecular complexity index is 789. The first-order valence-electron chi connectivity index (χ1n) is 9.18. The lowest BCUT2D eigenvalue weighted by Gasteiger charge is -2.39. The van der Waals surface area contributed by atoms with Crippen LogP contribution in [0.5, 0.6) is 0 Å². The molecule has 1 aliphatic heterocycles. The molecule has 26 heavy (non-hydrogen) atoms. The number of carboxylic acids is 1. The van der Waals surface area contributed by atoms with Crippen LogP contribution in [0.25, 0.3) is 0 Å². The first-order valence-corrected chi connectivity index (χ1v) is 9.18. The van der Waals surface area contributed by atoms with E-state index in [1.54, 1.807) is 23.4 Å². The lowest BCUT2D eigenvalue weighted by atomic mass is 9.89. The maximum atomic E-state index is 11.6. The molecule has 4 rings (SSSR count). The number of nitrogens with zero attached hydrogens (tertiary/aromatic N) is 6. The third-order valence-electron chi connectivity index (χ3n) is 5.70. The maximum Gasteiger partial charge on any atom is 0.356 e. The zero-order chi connectivity index (χ0) is 18.1.